The number of nitrogen functional groups attached to an aromatic ring is 1. The van der Waals surface area contributed by atoms with Crippen molar-refractivity contribution in [3.05, 3.63) is 12.7 Å². The number of hydrogen-bond donors (Lipinski definition) is 5. The van der Waals surface area contributed by atoms with Crippen LogP contribution in [0.2, 0.25) is 0 Å². The predicted octanol–water partition coefficient (Wildman–Crippen LogP) is -2.62. The van der Waals surface area contributed by atoms with Crippen LogP contribution >= 0.6 is 0 Å². The Kier molecular flexibility index (Phi) is 3.47. The van der Waals surface area contributed by atoms with Crippen molar-refractivity contribution in [2.45, 2.75) is 30.6 Å². The second-order valence-electron chi connectivity index (χ2n) is 4.81. The molecule has 0 saturated carbocycles. The van der Waals surface area contributed by atoms with Crippen molar-refractivity contribution in [1.82, 2.24) is 19.5 Å². The summed E-state index contributed by atoms with van der Waals surface area (Å²) < 4.78 is 6.84. The number of anilines is 1. The smallest absolute Gasteiger partial charge is 0.167 e. The van der Waals surface area contributed by atoms with E-state index in [9.17, 15) is 15.3 Å². The van der Waals surface area contributed by atoms with Gasteiger partial charge in [0.1, 0.15) is 36.3 Å². The summed E-state index contributed by atoms with van der Waals surface area (Å²) in [5.74, 6) is 0.179. The van der Waals surface area contributed by atoms with E-state index >= 15 is 0 Å². The highest BCUT2D eigenvalue weighted by molar-refractivity contribution is 5.81. The first-order valence-corrected chi connectivity index (χ1v) is 6.28. The molecule has 0 spiro atoms. The van der Waals surface area contributed by atoms with Crippen LogP contribution in [0.1, 0.15) is 6.23 Å². The lowest BCUT2D eigenvalue weighted by Gasteiger charge is -2.18. The third-order valence-corrected chi connectivity index (χ3v) is 3.50. The van der Waals surface area contributed by atoms with Gasteiger partial charge in [0.15, 0.2) is 17.7 Å². The van der Waals surface area contributed by atoms with Gasteiger partial charge in [-0.15, -0.1) is 0 Å². The molecule has 114 valence electrons. The maximum absolute atomic E-state index is 10.1. The van der Waals surface area contributed by atoms with Gasteiger partial charge in [-0.3, -0.25) is 4.57 Å². The number of aliphatic hydroxyl groups is 4. The molecule has 10 nitrogen and oxygen atoms in total. The predicted molar refractivity (Wildman–Crippen MR) is 68.8 cm³/mol. The second-order valence-corrected chi connectivity index (χ2v) is 4.81. The fraction of sp³-hybridized carbons (Fsp3) is 0.545. The van der Waals surface area contributed by atoms with Gasteiger partial charge in [-0.2, -0.15) is 0 Å². The van der Waals surface area contributed by atoms with Gasteiger partial charge in [0.2, 0.25) is 0 Å². The Balaban J connectivity index is 1.98. The zero-order valence-electron chi connectivity index (χ0n) is 10.8. The molecule has 1 aliphatic rings. The molecule has 1 fully saturated rings. The van der Waals surface area contributed by atoms with Crippen LogP contribution in [0.3, 0.4) is 0 Å². The minimum Gasteiger partial charge on any atom is -0.394 e. The molecule has 5 atom stereocenters. The Morgan fingerprint density at radius 2 is 2.05 bits per heavy atom. The van der Waals surface area contributed by atoms with Crippen LogP contribution in [-0.2, 0) is 4.74 Å². The number of rotatable bonds is 3. The van der Waals surface area contributed by atoms with Gasteiger partial charge in [0.05, 0.1) is 12.9 Å². The second kappa shape index (κ2) is 5.16. The fourth-order valence-corrected chi connectivity index (χ4v) is 2.39. The van der Waals surface area contributed by atoms with Gasteiger partial charge in [-0.05, 0) is 0 Å². The normalized spacial score (nSPS) is 30.9. The van der Waals surface area contributed by atoms with Crippen molar-refractivity contribution >= 4 is 17.0 Å². The number of fused-ring (bicyclic) bond motifs is 1. The monoisotopic (exact) mass is 297 g/mol. The van der Waals surface area contributed by atoms with E-state index < -0.39 is 37.3 Å². The summed E-state index contributed by atoms with van der Waals surface area (Å²) in [5.41, 5.74) is 6.35. The molecule has 10 heteroatoms. The standard InChI is InChI=1S/C11H15N5O5/c12-9-5-10(14-2-13-9)16(3-15-5)11-7(20)6(19)8(21-11)4(18)1-17/h2-4,6-8,11,17-20H,1H2,(H2,12,13,14)/t4-,6-,7+,8-,11+/m0/s1. The van der Waals surface area contributed by atoms with E-state index in [-0.39, 0.29) is 5.82 Å². The van der Waals surface area contributed by atoms with Gasteiger partial charge < -0.3 is 30.9 Å². The molecular weight excluding hydrogens is 282 g/mol. The third kappa shape index (κ3) is 2.13. The quantitative estimate of drug-likeness (QED) is 0.408. The van der Waals surface area contributed by atoms with Crippen molar-refractivity contribution < 1.29 is 25.2 Å². The largest absolute Gasteiger partial charge is 0.394 e. The minimum absolute atomic E-state index is 0.179. The van der Waals surface area contributed by atoms with Crippen LogP contribution in [0.4, 0.5) is 5.82 Å². The molecule has 0 amide bonds. The molecule has 3 rings (SSSR count). The highest BCUT2D eigenvalue weighted by atomic mass is 16.6. The Labute approximate surface area is 118 Å². The van der Waals surface area contributed by atoms with E-state index in [1.54, 1.807) is 0 Å². The molecule has 1 saturated heterocycles. The van der Waals surface area contributed by atoms with E-state index in [4.69, 9.17) is 15.6 Å². The first-order chi connectivity index (χ1) is 10.0. The number of nitrogens with two attached hydrogens (primary N) is 1. The molecule has 0 radical (unpaired) electrons. The zero-order valence-corrected chi connectivity index (χ0v) is 10.8. The zero-order chi connectivity index (χ0) is 15.1. The van der Waals surface area contributed by atoms with Crippen LogP contribution in [0.5, 0.6) is 0 Å². The summed E-state index contributed by atoms with van der Waals surface area (Å²) in [6, 6.07) is 0. The van der Waals surface area contributed by atoms with Crippen LogP contribution in [-0.4, -0.2) is 71.0 Å². The molecule has 3 heterocycles. The van der Waals surface area contributed by atoms with Crippen LogP contribution < -0.4 is 5.73 Å². The molecule has 21 heavy (non-hydrogen) atoms. The third-order valence-electron chi connectivity index (χ3n) is 3.50. The van der Waals surface area contributed by atoms with Crippen molar-refractivity contribution in [1.29, 1.82) is 0 Å². The Hall–Kier alpha value is -1.85. The summed E-state index contributed by atoms with van der Waals surface area (Å²) in [6.45, 7) is -0.596. The van der Waals surface area contributed by atoms with Crippen molar-refractivity contribution in [3.8, 4) is 0 Å². The highest BCUT2D eigenvalue weighted by Gasteiger charge is 2.47. The number of hydrogen-bond acceptors (Lipinski definition) is 9. The molecule has 0 unspecified atom stereocenters. The van der Waals surface area contributed by atoms with Crippen molar-refractivity contribution in [2.75, 3.05) is 12.3 Å². The number of aromatic nitrogens is 4. The summed E-state index contributed by atoms with van der Waals surface area (Å²) >= 11 is 0. The van der Waals surface area contributed by atoms with E-state index in [1.807, 2.05) is 0 Å². The van der Waals surface area contributed by atoms with Crippen molar-refractivity contribution in [3.63, 3.8) is 0 Å². The molecule has 0 aliphatic carbocycles. The van der Waals surface area contributed by atoms with E-state index in [2.05, 4.69) is 15.0 Å². The highest BCUT2D eigenvalue weighted by Crippen LogP contribution is 2.33. The number of ether oxygens (including phenoxy) is 1. The average molecular weight is 297 g/mol. The van der Waals surface area contributed by atoms with E-state index in [0.717, 1.165) is 0 Å². The summed E-state index contributed by atoms with van der Waals surface area (Å²) in [4.78, 5) is 11.9. The van der Waals surface area contributed by atoms with Gasteiger partial charge in [0, 0.05) is 0 Å². The Morgan fingerprint density at radius 3 is 2.76 bits per heavy atom. The summed E-state index contributed by atoms with van der Waals surface area (Å²) in [5, 5.41) is 38.5. The lowest BCUT2D eigenvalue weighted by atomic mass is 10.1. The van der Waals surface area contributed by atoms with Crippen LogP contribution in [0, 0.1) is 0 Å². The van der Waals surface area contributed by atoms with E-state index in [1.165, 1.54) is 17.2 Å². The fourth-order valence-electron chi connectivity index (χ4n) is 2.39. The summed E-state index contributed by atoms with van der Waals surface area (Å²) in [7, 11) is 0. The number of imidazole rings is 1. The first kappa shape index (κ1) is 14.1. The number of nitrogens with zero attached hydrogens (tertiary/aromatic N) is 4. The topological polar surface area (TPSA) is 160 Å². The molecule has 1 aliphatic heterocycles. The molecule has 6 N–H and O–H groups in total. The molecule has 0 aromatic carbocycles. The van der Waals surface area contributed by atoms with Gasteiger partial charge in [0.25, 0.3) is 0 Å². The van der Waals surface area contributed by atoms with Crippen molar-refractivity contribution in [2.24, 2.45) is 0 Å². The molecule has 2 aromatic heterocycles. The molecular formula is C11H15N5O5. The average Bonchev–Trinajstić information content (AvgIpc) is 3.02. The molecule has 2 aromatic rings. The molecule has 0 bridgehead atoms. The lowest BCUT2D eigenvalue weighted by molar-refractivity contribution is -0.0962. The first-order valence-electron chi connectivity index (χ1n) is 6.28. The lowest BCUT2D eigenvalue weighted by Crippen LogP contribution is -2.40. The maximum atomic E-state index is 10.1. The SMILES string of the molecule is Nc1ncnc2c1ncn2[C@@H]1O[C@@H]([C@@H](O)CO)[C@@H](O)[C@H]1O. The van der Waals surface area contributed by atoms with Crippen LogP contribution in [0.25, 0.3) is 11.2 Å². The van der Waals surface area contributed by atoms with Gasteiger partial charge in [-0.25, -0.2) is 15.0 Å². The maximum Gasteiger partial charge on any atom is 0.167 e. The van der Waals surface area contributed by atoms with E-state index in [0.29, 0.717) is 11.2 Å². The van der Waals surface area contributed by atoms with Gasteiger partial charge >= 0.3 is 0 Å². The Morgan fingerprint density at radius 1 is 1.29 bits per heavy atom. The number of aliphatic hydroxyl groups excluding tert-OH is 4. The summed E-state index contributed by atoms with van der Waals surface area (Å²) in [6.07, 6.45) is -3.51. The van der Waals surface area contributed by atoms with Crippen LogP contribution in [0.15, 0.2) is 12.7 Å². The van der Waals surface area contributed by atoms with Gasteiger partial charge in [-0.1, -0.05) is 0 Å². The minimum atomic E-state index is -1.35. The Bertz CT molecular complexity index is 649.